The molecular formula is C23H33N5O2. The van der Waals surface area contributed by atoms with Gasteiger partial charge in [-0.05, 0) is 25.8 Å². The third-order valence-electron chi connectivity index (χ3n) is 5.55. The fourth-order valence-corrected chi connectivity index (χ4v) is 4.01. The van der Waals surface area contributed by atoms with Crippen molar-refractivity contribution in [3.8, 4) is 11.3 Å². The van der Waals surface area contributed by atoms with Crippen molar-refractivity contribution in [2.45, 2.75) is 58.2 Å². The van der Waals surface area contributed by atoms with Crippen LogP contribution in [-0.2, 0) is 9.53 Å². The number of aromatic amines is 1. The highest BCUT2D eigenvalue weighted by Crippen LogP contribution is 2.22. The van der Waals surface area contributed by atoms with Crippen LogP contribution in [0.25, 0.3) is 11.3 Å². The number of amides is 1. The fourth-order valence-electron chi connectivity index (χ4n) is 4.01. The summed E-state index contributed by atoms with van der Waals surface area (Å²) >= 11 is 0. The molecule has 162 valence electrons. The highest BCUT2D eigenvalue weighted by Gasteiger charge is 2.25. The molecule has 1 saturated heterocycles. The van der Waals surface area contributed by atoms with Crippen molar-refractivity contribution < 1.29 is 9.53 Å². The number of carbonyl (C=O) groups excluding carboxylic acids is 1. The van der Waals surface area contributed by atoms with Gasteiger partial charge in [0.15, 0.2) is 5.49 Å². The molecule has 1 unspecified atom stereocenters. The molecule has 3 atom stereocenters. The lowest BCUT2D eigenvalue weighted by atomic mass is 10.1. The summed E-state index contributed by atoms with van der Waals surface area (Å²) in [6.45, 7) is 7.41. The molecule has 1 aromatic carbocycles. The van der Waals surface area contributed by atoms with Crippen molar-refractivity contribution in [2.75, 3.05) is 25.1 Å². The van der Waals surface area contributed by atoms with Crippen LogP contribution in [0.3, 0.4) is 0 Å². The lowest BCUT2D eigenvalue weighted by Gasteiger charge is -2.22. The smallest absolute Gasteiger partial charge is 0.217 e. The summed E-state index contributed by atoms with van der Waals surface area (Å²) in [5, 5.41) is 10.8. The van der Waals surface area contributed by atoms with Gasteiger partial charge in [-0.2, -0.15) is 5.10 Å². The van der Waals surface area contributed by atoms with Crippen LogP contribution < -0.4 is 15.7 Å². The molecule has 3 rings (SSSR count). The Morgan fingerprint density at radius 2 is 2.17 bits per heavy atom. The van der Waals surface area contributed by atoms with Crippen molar-refractivity contribution in [3.63, 3.8) is 0 Å². The van der Waals surface area contributed by atoms with Crippen LogP contribution >= 0.6 is 0 Å². The number of carbonyl (C=O) groups is 1. The van der Waals surface area contributed by atoms with Crippen molar-refractivity contribution >= 4 is 11.6 Å². The van der Waals surface area contributed by atoms with Gasteiger partial charge >= 0.3 is 0 Å². The number of nitrogens with one attached hydrogen (secondary N) is 2. The molecule has 1 aliphatic heterocycles. The van der Waals surface area contributed by atoms with Gasteiger partial charge in [0, 0.05) is 38.7 Å². The highest BCUT2D eigenvalue weighted by molar-refractivity contribution is 5.73. The van der Waals surface area contributed by atoms with Crippen LogP contribution in [-0.4, -0.2) is 54.5 Å². The van der Waals surface area contributed by atoms with E-state index in [2.05, 4.69) is 40.3 Å². The van der Waals surface area contributed by atoms with Crippen LogP contribution in [0.4, 0.5) is 5.69 Å². The molecular weight excluding hydrogens is 378 g/mol. The van der Waals surface area contributed by atoms with Gasteiger partial charge in [0.2, 0.25) is 5.91 Å². The van der Waals surface area contributed by atoms with Crippen LogP contribution in [0.1, 0.15) is 40.0 Å². The van der Waals surface area contributed by atoms with Crippen molar-refractivity contribution in [3.05, 3.63) is 41.9 Å². The molecule has 1 aromatic heterocycles. The Labute approximate surface area is 178 Å². The van der Waals surface area contributed by atoms with Gasteiger partial charge in [0.05, 0.1) is 23.5 Å². The van der Waals surface area contributed by atoms with Gasteiger partial charge < -0.3 is 15.0 Å². The maximum absolute atomic E-state index is 11.5. The average Bonchev–Trinajstić information content (AvgIpc) is 3.20. The van der Waals surface area contributed by atoms with E-state index in [1.807, 2.05) is 30.3 Å². The number of anilines is 1. The third-order valence-corrected chi connectivity index (χ3v) is 5.55. The molecule has 0 aliphatic carbocycles. The third kappa shape index (κ3) is 5.48. The Morgan fingerprint density at radius 1 is 1.40 bits per heavy atom. The maximum Gasteiger partial charge on any atom is 0.217 e. The number of rotatable bonds is 8. The summed E-state index contributed by atoms with van der Waals surface area (Å²) in [7, 11) is 1.74. The normalized spacial score (nSPS) is 19.0. The summed E-state index contributed by atoms with van der Waals surface area (Å²) < 4.78 is 5.65. The molecule has 0 bridgehead atoms. The minimum absolute atomic E-state index is 0.00284. The second kappa shape index (κ2) is 10.4. The van der Waals surface area contributed by atoms with Gasteiger partial charge in [-0.1, -0.05) is 43.7 Å². The minimum atomic E-state index is 0.00284. The second-order valence-corrected chi connectivity index (χ2v) is 7.92. The van der Waals surface area contributed by atoms with E-state index in [0.29, 0.717) is 0 Å². The number of hydrogen-bond acceptors (Lipinski definition) is 5. The summed E-state index contributed by atoms with van der Waals surface area (Å²) in [5.41, 5.74) is 3.68. The predicted octanol–water partition coefficient (Wildman–Crippen LogP) is 2.90. The quantitative estimate of drug-likeness (QED) is 0.700. The molecule has 0 spiro atoms. The Kier molecular flexibility index (Phi) is 7.63. The first kappa shape index (κ1) is 22.0. The molecule has 1 amide bonds. The summed E-state index contributed by atoms with van der Waals surface area (Å²) in [4.78, 5) is 18.7. The molecule has 2 aromatic rings. The summed E-state index contributed by atoms with van der Waals surface area (Å²) in [5.74, 6) is 0.00847. The molecule has 2 N–H and O–H groups in total. The Balaban J connectivity index is 1.97. The zero-order valence-electron chi connectivity index (χ0n) is 18.4. The minimum Gasteiger partial charge on any atom is -0.379 e. The van der Waals surface area contributed by atoms with Gasteiger partial charge in [0.25, 0.3) is 0 Å². The molecule has 0 radical (unpaired) electrons. The molecule has 1 aliphatic rings. The number of hydrogen-bond donors (Lipinski definition) is 2. The van der Waals surface area contributed by atoms with Gasteiger partial charge in [-0.15, -0.1) is 0 Å². The first-order chi connectivity index (χ1) is 14.5. The summed E-state index contributed by atoms with van der Waals surface area (Å²) in [6, 6.07) is 12.3. The van der Waals surface area contributed by atoms with Crippen molar-refractivity contribution in [2.24, 2.45) is 4.99 Å². The van der Waals surface area contributed by atoms with E-state index in [4.69, 9.17) is 9.73 Å². The van der Waals surface area contributed by atoms with E-state index in [-0.39, 0.29) is 24.1 Å². The summed E-state index contributed by atoms with van der Waals surface area (Å²) in [6.07, 6.45) is 2.98. The standard InChI is InChI=1S/C23H33N5O2/c1-5-9-22(30-4)16(2)24-23-21(28-13-12-19(15-28)25-17(3)29)14-20(26-27-23)18-10-7-6-8-11-18/h6-8,10-11,14,16,19,22H,5,9,12-13,15H2,1-4H3,(H,24,27)(H,25,29)/t16-,19+,22?/m0/s1. The lowest BCUT2D eigenvalue weighted by molar-refractivity contribution is -0.119. The Bertz CT molecular complexity index is 896. The van der Waals surface area contributed by atoms with Crippen LogP contribution in [0.2, 0.25) is 0 Å². The molecule has 7 heteroatoms. The van der Waals surface area contributed by atoms with Crippen LogP contribution in [0.5, 0.6) is 0 Å². The molecule has 0 saturated carbocycles. The predicted molar refractivity (Wildman–Crippen MR) is 119 cm³/mol. The maximum atomic E-state index is 11.5. The van der Waals surface area contributed by atoms with Gasteiger partial charge in [-0.25, -0.2) is 0 Å². The van der Waals surface area contributed by atoms with Crippen LogP contribution in [0, 0.1) is 0 Å². The van der Waals surface area contributed by atoms with E-state index < -0.39 is 0 Å². The topological polar surface area (TPSA) is 82.6 Å². The zero-order chi connectivity index (χ0) is 21.5. The number of aromatic nitrogens is 2. The Hall–Kier alpha value is -2.67. The van der Waals surface area contributed by atoms with Gasteiger partial charge in [-0.3, -0.25) is 14.9 Å². The zero-order valence-corrected chi connectivity index (χ0v) is 18.4. The number of ether oxygens (including phenoxy) is 1. The van der Waals surface area contributed by atoms with E-state index in [0.717, 1.165) is 54.8 Å². The largest absolute Gasteiger partial charge is 0.379 e. The van der Waals surface area contributed by atoms with E-state index in [1.54, 1.807) is 14.0 Å². The second-order valence-electron chi connectivity index (χ2n) is 7.92. The molecule has 2 heterocycles. The number of H-pyrrole nitrogens is 1. The lowest BCUT2D eigenvalue weighted by Crippen LogP contribution is -2.37. The molecule has 30 heavy (non-hydrogen) atoms. The highest BCUT2D eigenvalue weighted by atomic mass is 16.5. The van der Waals surface area contributed by atoms with Crippen LogP contribution in [0.15, 0.2) is 41.4 Å². The van der Waals surface area contributed by atoms with E-state index in [1.165, 1.54) is 0 Å². The monoisotopic (exact) mass is 411 g/mol. The first-order valence-corrected chi connectivity index (χ1v) is 10.8. The number of nitrogens with zero attached hydrogens (tertiary/aromatic N) is 3. The van der Waals surface area contributed by atoms with E-state index >= 15 is 0 Å². The van der Waals surface area contributed by atoms with Crippen molar-refractivity contribution in [1.82, 2.24) is 15.5 Å². The first-order valence-electron chi connectivity index (χ1n) is 10.8. The fraction of sp³-hybridized carbons (Fsp3) is 0.522. The molecule has 1 fully saturated rings. The number of methoxy groups -OCH3 is 1. The van der Waals surface area contributed by atoms with E-state index in [9.17, 15) is 4.79 Å². The Morgan fingerprint density at radius 3 is 2.83 bits per heavy atom. The average molecular weight is 412 g/mol. The van der Waals surface area contributed by atoms with Crippen molar-refractivity contribution in [1.29, 1.82) is 0 Å². The SMILES string of the molecule is CCCC(OC)[C@H](C)/N=c1\[nH]nc(-c2ccccc2)cc1N1CC[C@@H](NC(C)=O)C1. The van der Waals surface area contributed by atoms with Gasteiger partial charge in [0.1, 0.15) is 0 Å². The number of benzene rings is 1. The molecule has 7 nitrogen and oxygen atoms in total.